The third-order valence-corrected chi connectivity index (χ3v) is 5.75. The third-order valence-electron chi connectivity index (χ3n) is 5.75. The first-order chi connectivity index (χ1) is 13.1. The number of imide groups is 2. The van der Waals surface area contributed by atoms with Crippen LogP contribution in [-0.4, -0.2) is 41.9 Å². The van der Waals surface area contributed by atoms with Crippen molar-refractivity contribution in [3.8, 4) is 0 Å². The second-order valence-electron chi connectivity index (χ2n) is 7.57. The number of benzene rings is 1. The molecule has 4 amide bonds. The van der Waals surface area contributed by atoms with Crippen LogP contribution in [0.3, 0.4) is 0 Å². The molecule has 0 bridgehead atoms. The van der Waals surface area contributed by atoms with Crippen molar-refractivity contribution >= 4 is 29.6 Å². The van der Waals surface area contributed by atoms with Gasteiger partial charge in [0.15, 0.2) is 0 Å². The Morgan fingerprint density at radius 3 is 2.22 bits per heavy atom. The standard InChI is InChI=1S/C21H25N3O3/c25-19-18(14-15-8-10-16(11-9-15)23-12-4-5-13-23)20(26)24(21(27)22-19)17-6-2-1-3-7-17/h8-11,14,17H,1-7,12-13H2,(H,22,25,27). The topological polar surface area (TPSA) is 69.7 Å². The first kappa shape index (κ1) is 17.8. The van der Waals surface area contributed by atoms with Gasteiger partial charge in [-0.25, -0.2) is 4.79 Å². The number of carbonyl (C=O) groups is 3. The van der Waals surface area contributed by atoms with Gasteiger partial charge in [0.25, 0.3) is 11.8 Å². The van der Waals surface area contributed by atoms with Gasteiger partial charge in [-0.1, -0.05) is 31.4 Å². The van der Waals surface area contributed by atoms with Crippen molar-refractivity contribution in [3.63, 3.8) is 0 Å². The molecule has 2 saturated heterocycles. The molecular formula is C21H25N3O3. The minimum absolute atomic E-state index is 0.0362. The highest BCUT2D eigenvalue weighted by atomic mass is 16.2. The van der Waals surface area contributed by atoms with Gasteiger partial charge < -0.3 is 4.90 Å². The van der Waals surface area contributed by atoms with E-state index in [1.807, 2.05) is 24.3 Å². The molecule has 142 valence electrons. The van der Waals surface area contributed by atoms with Crippen molar-refractivity contribution in [1.29, 1.82) is 0 Å². The second-order valence-corrected chi connectivity index (χ2v) is 7.57. The summed E-state index contributed by atoms with van der Waals surface area (Å²) in [5.74, 6) is -1.08. The number of carbonyl (C=O) groups excluding carboxylic acids is 3. The number of amides is 4. The van der Waals surface area contributed by atoms with Gasteiger partial charge in [0.2, 0.25) is 0 Å². The average Bonchev–Trinajstić information content (AvgIpc) is 3.21. The van der Waals surface area contributed by atoms with Gasteiger partial charge in [0.05, 0.1) is 0 Å². The van der Waals surface area contributed by atoms with E-state index in [2.05, 4.69) is 10.2 Å². The molecule has 1 saturated carbocycles. The molecule has 3 aliphatic rings. The molecule has 0 unspecified atom stereocenters. The van der Waals surface area contributed by atoms with Crippen LogP contribution in [0.5, 0.6) is 0 Å². The monoisotopic (exact) mass is 367 g/mol. The van der Waals surface area contributed by atoms with E-state index in [4.69, 9.17) is 0 Å². The predicted octanol–water partition coefficient (Wildman–Crippen LogP) is 3.08. The van der Waals surface area contributed by atoms with E-state index in [0.717, 1.165) is 56.4 Å². The average molecular weight is 367 g/mol. The molecule has 1 aromatic rings. The van der Waals surface area contributed by atoms with Gasteiger partial charge in [0.1, 0.15) is 5.57 Å². The Bertz CT molecular complexity index is 772. The van der Waals surface area contributed by atoms with Crippen LogP contribution in [0.25, 0.3) is 6.08 Å². The highest BCUT2D eigenvalue weighted by molar-refractivity contribution is 6.31. The molecule has 4 rings (SSSR count). The maximum atomic E-state index is 12.9. The molecule has 1 aromatic carbocycles. The molecule has 0 spiro atoms. The quantitative estimate of drug-likeness (QED) is 0.658. The number of barbiturate groups is 1. The van der Waals surface area contributed by atoms with E-state index < -0.39 is 17.8 Å². The van der Waals surface area contributed by atoms with Crippen LogP contribution in [0, 0.1) is 0 Å². The lowest BCUT2D eigenvalue weighted by Crippen LogP contribution is -2.58. The Labute approximate surface area is 159 Å². The highest BCUT2D eigenvalue weighted by Crippen LogP contribution is 2.27. The highest BCUT2D eigenvalue weighted by Gasteiger charge is 2.40. The maximum Gasteiger partial charge on any atom is 0.331 e. The van der Waals surface area contributed by atoms with Gasteiger partial charge in [-0.2, -0.15) is 0 Å². The van der Waals surface area contributed by atoms with Crippen LogP contribution in [0.4, 0.5) is 10.5 Å². The Kier molecular flexibility index (Phi) is 4.97. The zero-order valence-corrected chi connectivity index (χ0v) is 15.4. The summed E-state index contributed by atoms with van der Waals surface area (Å²) < 4.78 is 0. The Balaban J connectivity index is 1.56. The molecule has 0 atom stereocenters. The molecule has 1 N–H and O–H groups in total. The molecule has 2 aliphatic heterocycles. The van der Waals surface area contributed by atoms with Crippen molar-refractivity contribution in [1.82, 2.24) is 10.2 Å². The Morgan fingerprint density at radius 1 is 0.889 bits per heavy atom. The lowest BCUT2D eigenvalue weighted by atomic mass is 9.93. The normalized spacial score (nSPS) is 23.3. The zero-order chi connectivity index (χ0) is 18.8. The molecule has 2 heterocycles. The maximum absolute atomic E-state index is 12.9. The molecular weight excluding hydrogens is 342 g/mol. The smallest absolute Gasteiger partial charge is 0.331 e. The SMILES string of the molecule is O=C1NC(=O)N(C2CCCCC2)C(=O)C1=Cc1ccc(N2CCCC2)cc1. The Hall–Kier alpha value is -2.63. The number of urea groups is 1. The number of anilines is 1. The van der Waals surface area contributed by atoms with Crippen LogP contribution >= 0.6 is 0 Å². The van der Waals surface area contributed by atoms with E-state index in [1.165, 1.54) is 17.7 Å². The van der Waals surface area contributed by atoms with Crippen LogP contribution in [0.2, 0.25) is 0 Å². The summed E-state index contributed by atoms with van der Waals surface area (Å²) in [7, 11) is 0. The number of nitrogens with one attached hydrogen (secondary N) is 1. The van der Waals surface area contributed by atoms with E-state index in [-0.39, 0.29) is 11.6 Å². The van der Waals surface area contributed by atoms with Crippen molar-refractivity contribution < 1.29 is 14.4 Å². The molecule has 6 heteroatoms. The molecule has 27 heavy (non-hydrogen) atoms. The van der Waals surface area contributed by atoms with Gasteiger partial charge >= 0.3 is 6.03 Å². The summed E-state index contributed by atoms with van der Waals surface area (Å²) in [5, 5.41) is 2.33. The predicted molar refractivity (Wildman–Crippen MR) is 103 cm³/mol. The van der Waals surface area contributed by atoms with Gasteiger partial charge in [-0.05, 0) is 49.5 Å². The van der Waals surface area contributed by atoms with Crippen molar-refractivity contribution in [2.75, 3.05) is 18.0 Å². The fourth-order valence-corrected chi connectivity index (χ4v) is 4.27. The number of hydrogen-bond acceptors (Lipinski definition) is 4. The number of hydrogen-bond donors (Lipinski definition) is 1. The number of nitrogens with zero attached hydrogens (tertiary/aromatic N) is 2. The lowest BCUT2D eigenvalue weighted by molar-refractivity contribution is -0.132. The summed E-state index contributed by atoms with van der Waals surface area (Å²) in [6, 6.07) is 7.18. The molecule has 1 aliphatic carbocycles. The fraction of sp³-hybridized carbons (Fsp3) is 0.476. The Morgan fingerprint density at radius 2 is 1.56 bits per heavy atom. The lowest BCUT2D eigenvalue weighted by Gasteiger charge is -2.35. The zero-order valence-electron chi connectivity index (χ0n) is 15.4. The van der Waals surface area contributed by atoms with Gasteiger partial charge in [0, 0.05) is 24.8 Å². The van der Waals surface area contributed by atoms with Crippen LogP contribution < -0.4 is 10.2 Å². The summed E-state index contributed by atoms with van der Waals surface area (Å²) >= 11 is 0. The molecule has 0 radical (unpaired) electrons. The summed E-state index contributed by atoms with van der Waals surface area (Å²) in [5.41, 5.74) is 1.98. The summed E-state index contributed by atoms with van der Waals surface area (Å²) in [6.07, 6.45) is 8.78. The van der Waals surface area contributed by atoms with Gasteiger partial charge in [-0.15, -0.1) is 0 Å². The van der Waals surface area contributed by atoms with E-state index >= 15 is 0 Å². The first-order valence-electron chi connectivity index (χ1n) is 9.89. The molecule has 3 fully saturated rings. The van der Waals surface area contributed by atoms with Crippen molar-refractivity contribution in [2.45, 2.75) is 51.0 Å². The molecule has 0 aromatic heterocycles. The van der Waals surface area contributed by atoms with Crippen molar-refractivity contribution in [2.24, 2.45) is 0 Å². The molecule has 6 nitrogen and oxygen atoms in total. The largest absolute Gasteiger partial charge is 0.372 e. The van der Waals surface area contributed by atoms with E-state index in [1.54, 1.807) is 6.08 Å². The minimum atomic E-state index is -0.610. The number of rotatable bonds is 3. The van der Waals surface area contributed by atoms with Crippen molar-refractivity contribution in [3.05, 3.63) is 35.4 Å². The minimum Gasteiger partial charge on any atom is -0.372 e. The van der Waals surface area contributed by atoms with E-state index in [0.29, 0.717) is 0 Å². The summed E-state index contributed by atoms with van der Waals surface area (Å²) in [4.78, 5) is 41.0. The van der Waals surface area contributed by atoms with E-state index in [9.17, 15) is 14.4 Å². The van der Waals surface area contributed by atoms with Gasteiger partial charge in [-0.3, -0.25) is 19.8 Å². The second kappa shape index (κ2) is 7.55. The van der Waals surface area contributed by atoms with Crippen LogP contribution in [0.15, 0.2) is 29.8 Å². The van der Waals surface area contributed by atoms with Crippen LogP contribution in [-0.2, 0) is 9.59 Å². The summed E-state index contributed by atoms with van der Waals surface area (Å²) in [6.45, 7) is 2.14. The van der Waals surface area contributed by atoms with Crippen LogP contribution in [0.1, 0.15) is 50.5 Å². The third kappa shape index (κ3) is 3.61. The first-order valence-corrected chi connectivity index (χ1v) is 9.89. The fourth-order valence-electron chi connectivity index (χ4n) is 4.27.